The Hall–Kier alpha value is -1.76. The van der Waals surface area contributed by atoms with E-state index in [0.29, 0.717) is 0 Å². The van der Waals surface area contributed by atoms with Crippen LogP contribution < -0.4 is 10.5 Å². The Labute approximate surface area is 69.2 Å². The van der Waals surface area contributed by atoms with Gasteiger partial charge in [-0.1, -0.05) is 0 Å². The monoisotopic (exact) mass is 166 g/mol. The number of rotatable bonds is 1. The number of nitrogen functional groups attached to an aromatic ring is 1. The molecule has 0 saturated heterocycles. The number of benzene rings is 1. The van der Waals surface area contributed by atoms with Crippen LogP contribution in [0.25, 0.3) is 0 Å². The molecule has 0 bridgehead atoms. The van der Waals surface area contributed by atoms with Crippen molar-refractivity contribution in [1.82, 2.24) is 0 Å². The van der Waals surface area contributed by atoms with Crippen LogP contribution in [0.5, 0.6) is 5.75 Å². The Morgan fingerprint density at radius 2 is 2.25 bits per heavy atom. The summed E-state index contributed by atoms with van der Waals surface area (Å²) in [6.45, 7) is 0. The highest BCUT2D eigenvalue weighted by Gasteiger charge is 2.09. The van der Waals surface area contributed by atoms with E-state index < -0.39 is 5.82 Å². The number of nitriles is 1. The van der Waals surface area contributed by atoms with E-state index in [0.717, 1.165) is 0 Å². The Bertz CT molecular complexity index is 344. The van der Waals surface area contributed by atoms with E-state index in [2.05, 4.69) is 4.74 Å². The first-order valence-electron chi connectivity index (χ1n) is 3.22. The maximum absolute atomic E-state index is 13.0. The zero-order valence-electron chi connectivity index (χ0n) is 6.47. The topological polar surface area (TPSA) is 59.0 Å². The fourth-order valence-corrected chi connectivity index (χ4v) is 0.828. The predicted octanol–water partition coefficient (Wildman–Crippen LogP) is 1.29. The maximum atomic E-state index is 13.0. The van der Waals surface area contributed by atoms with E-state index in [-0.39, 0.29) is 17.0 Å². The van der Waals surface area contributed by atoms with Crippen LogP contribution >= 0.6 is 0 Å². The Morgan fingerprint density at radius 1 is 1.58 bits per heavy atom. The minimum absolute atomic E-state index is 0.0477. The van der Waals surface area contributed by atoms with Crippen LogP contribution in [0.1, 0.15) is 5.56 Å². The van der Waals surface area contributed by atoms with Gasteiger partial charge in [0.1, 0.15) is 6.07 Å². The number of hydrogen-bond donors (Lipinski definition) is 1. The second kappa shape index (κ2) is 3.09. The number of nitrogens with zero attached hydrogens (tertiary/aromatic N) is 1. The predicted molar refractivity (Wildman–Crippen MR) is 42.1 cm³/mol. The molecule has 12 heavy (non-hydrogen) atoms. The highest BCUT2D eigenvalue weighted by Crippen LogP contribution is 2.24. The number of halogens is 1. The summed E-state index contributed by atoms with van der Waals surface area (Å²) in [5, 5.41) is 8.47. The Morgan fingerprint density at radius 3 is 2.75 bits per heavy atom. The second-order valence-corrected chi connectivity index (χ2v) is 2.15. The number of hydrogen-bond acceptors (Lipinski definition) is 3. The molecule has 0 saturated carbocycles. The van der Waals surface area contributed by atoms with Crippen LogP contribution in [0.3, 0.4) is 0 Å². The summed E-state index contributed by atoms with van der Waals surface area (Å²) in [4.78, 5) is 0. The molecule has 0 amide bonds. The molecule has 0 aliphatic rings. The molecule has 0 heterocycles. The van der Waals surface area contributed by atoms with Crippen molar-refractivity contribution in [3.8, 4) is 11.8 Å². The molecule has 2 N–H and O–H groups in total. The lowest BCUT2D eigenvalue weighted by Gasteiger charge is -2.04. The molecule has 1 aromatic carbocycles. The molecule has 0 aromatic heterocycles. The van der Waals surface area contributed by atoms with Gasteiger partial charge in [-0.25, -0.2) is 4.39 Å². The molecule has 4 heteroatoms. The SMILES string of the molecule is COc1ccc(C#N)c(N)c1F. The van der Waals surface area contributed by atoms with Gasteiger partial charge in [0.15, 0.2) is 11.6 Å². The van der Waals surface area contributed by atoms with E-state index in [1.54, 1.807) is 6.07 Å². The van der Waals surface area contributed by atoms with E-state index in [9.17, 15) is 4.39 Å². The highest BCUT2D eigenvalue weighted by atomic mass is 19.1. The van der Waals surface area contributed by atoms with Gasteiger partial charge < -0.3 is 10.5 Å². The van der Waals surface area contributed by atoms with Gasteiger partial charge in [-0.2, -0.15) is 5.26 Å². The van der Waals surface area contributed by atoms with E-state index >= 15 is 0 Å². The maximum Gasteiger partial charge on any atom is 0.189 e. The van der Waals surface area contributed by atoms with Crippen molar-refractivity contribution in [3.05, 3.63) is 23.5 Å². The molecule has 62 valence electrons. The third kappa shape index (κ3) is 1.17. The summed E-state index contributed by atoms with van der Waals surface area (Å²) in [5.74, 6) is -0.636. The molecular formula is C8H7FN2O. The molecule has 0 fully saturated rings. The van der Waals surface area contributed by atoms with Crippen LogP contribution in [0.15, 0.2) is 12.1 Å². The van der Waals surface area contributed by atoms with Gasteiger partial charge >= 0.3 is 0 Å². The molecule has 1 rings (SSSR count). The van der Waals surface area contributed by atoms with Gasteiger partial charge in [0.2, 0.25) is 0 Å². The lowest BCUT2D eigenvalue weighted by molar-refractivity contribution is 0.387. The molecular weight excluding hydrogens is 159 g/mol. The van der Waals surface area contributed by atoms with E-state index in [4.69, 9.17) is 11.0 Å². The molecule has 3 nitrogen and oxygen atoms in total. The molecule has 0 spiro atoms. The molecule has 0 unspecified atom stereocenters. The highest BCUT2D eigenvalue weighted by molar-refractivity contribution is 5.58. The summed E-state index contributed by atoms with van der Waals surface area (Å²) in [7, 11) is 1.34. The average Bonchev–Trinajstić information content (AvgIpc) is 2.10. The lowest BCUT2D eigenvalue weighted by atomic mass is 10.2. The number of anilines is 1. The molecule has 0 aliphatic carbocycles. The lowest BCUT2D eigenvalue weighted by Crippen LogP contribution is -1.97. The van der Waals surface area contributed by atoms with Crippen molar-refractivity contribution in [2.24, 2.45) is 0 Å². The van der Waals surface area contributed by atoms with Crippen molar-refractivity contribution in [2.45, 2.75) is 0 Å². The summed E-state index contributed by atoms with van der Waals surface area (Å²) >= 11 is 0. The molecule has 0 aliphatic heterocycles. The first kappa shape index (κ1) is 8.34. The summed E-state index contributed by atoms with van der Waals surface area (Å²) in [6, 6.07) is 4.55. The Kier molecular flexibility index (Phi) is 2.15. The number of ether oxygens (including phenoxy) is 1. The van der Waals surface area contributed by atoms with Crippen molar-refractivity contribution in [3.63, 3.8) is 0 Å². The summed E-state index contributed by atoms with van der Waals surface area (Å²) in [6.07, 6.45) is 0. The standard InChI is InChI=1S/C8H7FN2O/c1-12-6-3-2-5(4-10)8(11)7(6)9/h2-3H,11H2,1H3. The average molecular weight is 166 g/mol. The molecule has 1 aromatic rings. The zero-order chi connectivity index (χ0) is 9.14. The smallest absolute Gasteiger partial charge is 0.189 e. The van der Waals surface area contributed by atoms with E-state index in [1.807, 2.05) is 0 Å². The third-order valence-corrected chi connectivity index (χ3v) is 1.48. The van der Waals surface area contributed by atoms with Crippen LogP contribution in [0, 0.1) is 17.1 Å². The summed E-state index contributed by atoms with van der Waals surface area (Å²) in [5.41, 5.74) is 5.24. The summed E-state index contributed by atoms with van der Waals surface area (Å²) < 4.78 is 17.7. The van der Waals surface area contributed by atoms with Gasteiger partial charge in [0, 0.05) is 0 Å². The first-order valence-corrected chi connectivity index (χ1v) is 3.22. The third-order valence-electron chi connectivity index (χ3n) is 1.48. The largest absolute Gasteiger partial charge is 0.494 e. The fourth-order valence-electron chi connectivity index (χ4n) is 0.828. The van der Waals surface area contributed by atoms with Crippen LogP contribution in [0.2, 0.25) is 0 Å². The molecule has 0 atom stereocenters. The zero-order valence-corrected chi connectivity index (χ0v) is 6.47. The second-order valence-electron chi connectivity index (χ2n) is 2.15. The van der Waals surface area contributed by atoms with E-state index in [1.165, 1.54) is 19.2 Å². The van der Waals surface area contributed by atoms with Crippen LogP contribution in [-0.4, -0.2) is 7.11 Å². The van der Waals surface area contributed by atoms with Gasteiger partial charge in [-0.05, 0) is 12.1 Å². The first-order chi connectivity index (χ1) is 5.70. The van der Waals surface area contributed by atoms with Crippen molar-refractivity contribution in [1.29, 1.82) is 5.26 Å². The fraction of sp³-hybridized carbons (Fsp3) is 0.125. The van der Waals surface area contributed by atoms with Crippen molar-refractivity contribution < 1.29 is 9.13 Å². The van der Waals surface area contributed by atoms with Crippen LogP contribution in [0.4, 0.5) is 10.1 Å². The van der Waals surface area contributed by atoms with Crippen molar-refractivity contribution in [2.75, 3.05) is 12.8 Å². The quantitative estimate of drug-likeness (QED) is 0.639. The van der Waals surface area contributed by atoms with Gasteiger partial charge in [0.25, 0.3) is 0 Å². The molecule has 0 radical (unpaired) electrons. The number of nitrogens with two attached hydrogens (primary N) is 1. The Balaban J connectivity index is 3.32. The normalized spacial score (nSPS) is 9.08. The van der Waals surface area contributed by atoms with Crippen LogP contribution in [-0.2, 0) is 0 Å². The minimum atomic E-state index is -0.684. The number of methoxy groups -OCH3 is 1. The minimum Gasteiger partial charge on any atom is -0.494 e. The van der Waals surface area contributed by atoms with Gasteiger partial charge in [-0.3, -0.25) is 0 Å². The van der Waals surface area contributed by atoms with Crippen molar-refractivity contribution >= 4 is 5.69 Å². The van der Waals surface area contributed by atoms with Gasteiger partial charge in [0.05, 0.1) is 18.4 Å². The van der Waals surface area contributed by atoms with Gasteiger partial charge in [-0.15, -0.1) is 0 Å².